The van der Waals surface area contributed by atoms with Crippen LogP contribution in [0.5, 0.6) is 0 Å². The SMILES string of the molecule is CCc1ccc(C2CC(C)CCN2C(=O)c2ccc(C)[nH]c2=O)o1. The number of likely N-dealkylation sites (tertiary alicyclic amines) is 1. The Labute approximate surface area is 141 Å². The number of aromatic amines is 1. The van der Waals surface area contributed by atoms with Crippen LogP contribution < -0.4 is 5.56 Å². The Morgan fingerprint density at radius 1 is 1.33 bits per heavy atom. The second-order valence-electron chi connectivity index (χ2n) is 6.69. The summed E-state index contributed by atoms with van der Waals surface area (Å²) in [5.41, 5.74) is 0.618. The van der Waals surface area contributed by atoms with E-state index >= 15 is 0 Å². The Bertz CT molecular complexity index is 790. The van der Waals surface area contributed by atoms with Gasteiger partial charge in [-0.25, -0.2) is 0 Å². The molecule has 0 saturated carbocycles. The lowest BCUT2D eigenvalue weighted by Gasteiger charge is -2.37. The quantitative estimate of drug-likeness (QED) is 0.938. The first-order valence-electron chi connectivity index (χ1n) is 8.59. The van der Waals surface area contributed by atoms with E-state index in [9.17, 15) is 9.59 Å². The first-order chi connectivity index (χ1) is 11.5. The smallest absolute Gasteiger partial charge is 0.260 e. The Kier molecular flexibility index (Phi) is 4.60. The molecule has 5 nitrogen and oxygen atoms in total. The average Bonchev–Trinajstić information content (AvgIpc) is 3.03. The third kappa shape index (κ3) is 3.16. The van der Waals surface area contributed by atoms with Crippen LogP contribution in [-0.4, -0.2) is 22.3 Å². The van der Waals surface area contributed by atoms with Crippen LogP contribution in [0.15, 0.2) is 33.5 Å². The van der Waals surface area contributed by atoms with Crippen molar-refractivity contribution in [3.8, 4) is 0 Å². The van der Waals surface area contributed by atoms with Gasteiger partial charge in [0.05, 0.1) is 6.04 Å². The van der Waals surface area contributed by atoms with Crippen molar-refractivity contribution in [2.45, 2.75) is 46.1 Å². The predicted octanol–water partition coefficient (Wildman–Crippen LogP) is 3.45. The fourth-order valence-corrected chi connectivity index (χ4v) is 3.31. The van der Waals surface area contributed by atoms with Gasteiger partial charge < -0.3 is 14.3 Å². The number of piperidine rings is 1. The minimum Gasteiger partial charge on any atom is -0.464 e. The third-order valence-corrected chi connectivity index (χ3v) is 4.77. The van der Waals surface area contributed by atoms with Gasteiger partial charge in [0.2, 0.25) is 0 Å². The van der Waals surface area contributed by atoms with Crippen molar-refractivity contribution in [2.24, 2.45) is 5.92 Å². The second kappa shape index (κ2) is 6.67. The summed E-state index contributed by atoms with van der Waals surface area (Å²) in [7, 11) is 0. The fraction of sp³-hybridized carbons (Fsp3) is 0.474. The lowest BCUT2D eigenvalue weighted by Crippen LogP contribution is -2.42. The molecule has 0 radical (unpaired) electrons. The van der Waals surface area contributed by atoms with Crippen molar-refractivity contribution in [2.75, 3.05) is 6.54 Å². The summed E-state index contributed by atoms with van der Waals surface area (Å²) >= 11 is 0. The number of pyridine rings is 1. The molecular weight excluding hydrogens is 304 g/mol. The van der Waals surface area contributed by atoms with Crippen LogP contribution >= 0.6 is 0 Å². The maximum atomic E-state index is 13.0. The van der Waals surface area contributed by atoms with Crippen molar-refractivity contribution in [1.82, 2.24) is 9.88 Å². The summed E-state index contributed by atoms with van der Waals surface area (Å²) in [5.74, 6) is 2.03. The summed E-state index contributed by atoms with van der Waals surface area (Å²) in [6.45, 7) is 6.67. The van der Waals surface area contributed by atoms with Gasteiger partial charge in [-0.1, -0.05) is 13.8 Å². The zero-order valence-electron chi connectivity index (χ0n) is 14.5. The number of aryl methyl sites for hydroxylation is 2. The molecule has 1 aliphatic rings. The fourth-order valence-electron chi connectivity index (χ4n) is 3.31. The highest BCUT2D eigenvalue weighted by Gasteiger charge is 2.34. The van der Waals surface area contributed by atoms with Crippen LogP contribution in [-0.2, 0) is 6.42 Å². The molecule has 3 rings (SSSR count). The Morgan fingerprint density at radius 3 is 2.79 bits per heavy atom. The topological polar surface area (TPSA) is 66.3 Å². The lowest BCUT2D eigenvalue weighted by atomic mass is 9.90. The molecular formula is C19H24N2O3. The molecule has 1 saturated heterocycles. The predicted molar refractivity (Wildman–Crippen MR) is 92.1 cm³/mol. The van der Waals surface area contributed by atoms with Gasteiger partial charge in [0.15, 0.2) is 0 Å². The second-order valence-corrected chi connectivity index (χ2v) is 6.69. The number of nitrogens with zero attached hydrogens (tertiary/aromatic N) is 1. The Hall–Kier alpha value is -2.30. The summed E-state index contributed by atoms with van der Waals surface area (Å²) in [6, 6.07) is 7.20. The minimum absolute atomic E-state index is 0.109. The largest absolute Gasteiger partial charge is 0.464 e. The highest BCUT2D eigenvalue weighted by atomic mass is 16.3. The molecule has 24 heavy (non-hydrogen) atoms. The standard InChI is InChI=1S/C19H24N2O3/c1-4-14-6-8-17(24-14)16-11-12(2)9-10-21(16)19(23)15-7-5-13(3)20-18(15)22/h5-8,12,16H,4,9-11H2,1-3H3,(H,20,22). The maximum Gasteiger partial charge on any atom is 0.260 e. The van der Waals surface area contributed by atoms with Crippen LogP contribution in [0.3, 0.4) is 0 Å². The first-order valence-corrected chi connectivity index (χ1v) is 8.59. The molecule has 2 unspecified atom stereocenters. The Balaban J connectivity index is 1.93. The molecule has 0 aliphatic carbocycles. The lowest BCUT2D eigenvalue weighted by molar-refractivity contribution is 0.0517. The molecule has 128 valence electrons. The Morgan fingerprint density at radius 2 is 2.12 bits per heavy atom. The maximum absolute atomic E-state index is 13.0. The van der Waals surface area contributed by atoms with Crippen molar-refractivity contribution in [1.29, 1.82) is 0 Å². The third-order valence-electron chi connectivity index (χ3n) is 4.77. The average molecular weight is 328 g/mol. The van der Waals surface area contributed by atoms with Gasteiger partial charge in [0, 0.05) is 18.7 Å². The van der Waals surface area contributed by atoms with Gasteiger partial charge in [0.25, 0.3) is 11.5 Å². The van der Waals surface area contributed by atoms with Crippen molar-refractivity contribution >= 4 is 5.91 Å². The number of furan rings is 1. The zero-order chi connectivity index (χ0) is 17.3. The molecule has 2 aromatic rings. The number of carbonyl (C=O) groups excluding carboxylic acids is 1. The van der Waals surface area contributed by atoms with E-state index in [4.69, 9.17) is 4.42 Å². The summed E-state index contributed by atoms with van der Waals surface area (Å²) in [4.78, 5) is 29.6. The number of rotatable bonds is 3. The molecule has 2 aromatic heterocycles. The van der Waals surface area contributed by atoms with E-state index in [1.807, 2.05) is 19.1 Å². The van der Waals surface area contributed by atoms with Gasteiger partial charge in [-0.3, -0.25) is 9.59 Å². The number of aromatic nitrogens is 1. The molecule has 0 aromatic carbocycles. The normalized spacial score (nSPS) is 21.0. The molecule has 2 atom stereocenters. The van der Waals surface area contributed by atoms with Crippen molar-refractivity contribution < 1.29 is 9.21 Å². The number of amides is 1. The molecule has 1 N–H and O–H groups in total. The molecule has 5 heteroatoms. The van der Waals surface area contributed by atoms with Crippen LogP contribution in [0.2, 0.25) is 0 Å². The number of hydrogen-bond donors (Lipinski definition) is 1. The number of hydrogen-bond acceptors (Lipinski definition) is 3. The van der Waals surface area contributed by atoms with E-state index in [-0.39, 0.29) is 23.1 Å². The van der Waals surface area contributed by atoms with Gasteiger partial charge in [-0.05, 0) is 49.9 Å². The first kappa shape index (κ1) is 16.6. The summed E-state index contributed by atoms with van der Waals surface area (Å²) < 4.78 is 5.91. The van der Waals surface area contributed by atoms with E-state index in [0.29, 0.717) is 12.5 Å². The number of H-pyrrole nitrogens is 1. The van der Waals surface area contributed by atoms with E-state index in [2.05, 4.69) is 11.9 Å². The monoisotopic (exact) mass is 328 g/mol. The molecule has 1 fully saturated rings. The van der Waals surface area contributed by atoms with Crippen molar-refractivity contribution in [3.05, 3.63) is 57.4 Å². The molecule has 3 heterocycles. The molecule has 1 amide bonds. The number of nitrogens with one attached hydrogen (secondary N) is 1. The summed E-state index contributed by atoms with van der Waals surface area (Å²) in [6.07, 6.45) is 2.62. The zero-order valence-corrected chi connectivity index (χ0v) is 14.5. The van der Waals surface area contributed by atoms with E-state index in [1.165, 1.54) is 0 Å². The van der Waals surface area contributed by atoms with Gasteiger partial charge in [0.1, 0.15) is 17.1 Å². The minimum atomic E-state index is -0.328. The molecule has 0 spiro atoms. The van der Waals surface area contributed by atoms with Crippen LogP contribution in [0.25, 0.3) is 0 Å². The van der Waals surface area contributed by atoms with Gasteiger partial charge >= 0.3 is 0 Å². The highest BCUT2D eigenvalue weighted by Crippen LogP contribution is 2.35. The van der Waals surface area contributed by atoms with E-state index < -0.39 is 0 Å². The van der Waals surface area contributed by atoms with Gasteiger partial charge in [-0.15, -0.1) is 0 Å². The van der Waals surface area contributed by atoms with Crippen LogP contribution in [0.4, 0.5) is 0 Å². The highest BCUT2D eigenvalue weighted by molar-refractivity contribution is 5.94. The van der Waals surface area contributed by atoms with Crippen LogP contribution in [0, 0.1) is 12.8 Å². The molecule has 1 aliphatic heterocycles. The van der Waals surface area contributed by atoms with Crippen LogP contribution in [0.1, 0.15) is 60.3 Å². The number of carbonyl (C=O) groups is 1. The molecule has 0 bridgehead atoms. The van der Waals surface area contributed by atoms with Gasteiger partial charge in [-0.2, -0.15) is 0 Å². The summed E-state index contributed by atoms with van der Waals surface area (Å²) in [5, 5.41) is 0. The van der Waals surface area contributed by atoms with E-state index in [1.54, 1.807) is 24.0 Å². The van der Waals surface area contributed by atoms with Crippen molar-refractivity contribution in [3.63, 3.8) is 0 Å². The van der Waals surface area contributed by atoms with E-state index in [0.717, 1.165) is 36.5 Å².